The SMILES string of the molecule is C=C1C[N+](C)=NO1.CCC1=C(CC)CN(C)CC1.CCCC[N+](C)(C)CCC.CCC[N+]1(CCC)CCOCC1. The largest absolute Gasteiger partial charge is 0.370 e. The summed E-state index contributed by atoms with van der Waals surface area (Å²) in [4.78, 5) is 7.04. The summed E-state index contributed by atoms with van der Waals surface area (Å²) in [6.45, 7) is 30.1. The van der Waals surface area contributed by atoms with Crippen LogP contribution in [0, 0.1) is 0 Å². The molecule has 0 bridgehead atoms. The number of hydrogen-bond acceptors (Lipinski definition) is 4. The highest BCUT2D eigenvalue weighted by Gasteiger charge is 2.28. The van der Waals surface area contributed by atoms with Crippen LogP contribution in [0.5, 0.6) is 0 Å². The third-order valence-corrected chi connectivity index (χ3v) is 8.09. The Morgan fingerprint density at radius 1 is 0.900 bits per heavy atom. The standard InChI is InChI=1S/C10H22NO.C10H19N.C9H22N.C4H7N2O/c1-3-5-11(6-4-2)7-9-12-10-8-11;1-4-9-6-7-11(3)8-10(9)5-2;1-5-7-9-10(3,4)8-6-2;1-4-3-6(2)5-7-4/h3-10H2,1-2H3;4-8H2,1-3H3;5-9H2,1-4H3;1,3H2,2H3/q+1;;2*+1. The molecule has 0 aliphatic carbocycles. The van der Waals surface area contributed by atoms with Gasteiger partial charge in [0.25, 0.3) is 0 Å². The van der Waals surface area contributed by atoms with Crippen molar-refractivity contribution in [3.63, 3.8) is 0 Å². The molecule has 3 aliphatic rings. The van der Waals surface area contributed by atoms with Gasteiger partial charge in [-0.3, -0.25) is 0 Å². The van der Waals surface area contributed by atoms with Gasteiger partial charge in [0.1, 0.15) is 13.1 Å². The van der Waals surface area contributed by atoms with Crippen molar-refractivity contribution in [2.75, 3.05) is 100 Å². The predicted octanol–water partition coefficient (Wildman–Crippen LogP) is 6.90. The zero-order valence-corrected chi connectivity index (χ0v) is 28.7. The topological polar surface area (TPSA) is 37.1 Å². The van der Waals surface area contributed by atoms with Crippen LogP contribution in [0.25, 0.3) is 0 Å². The smallest absolute Gasteiger partial charge is 0.231 e. The second kappa shape index (κ2) is 22.3. The molecule has 0 unspecified atom stereocenters. The summed E-state index contributed by atoms with van der Waals surface area (Å²) >= 11 is 0. The van der Waals surface area contributed by atoms with E-state index in [9.17, 15) is 0 Å². The van der Waals surface area contributed by atoms with E-state index in [0.717, 1.165) is 19.8 Å². The molecule has 0 atom stereocenters. The number of likely N-dealkylation sites (N-methyl/N-ethyl adjacent to an activating group) is 2. The summed E-state index contributed by atoms with van der Waals surface area (Å²) in [5, 5.41) is 3.55. The van der Waals surface area contributed by atoms with E-state index in [-0.39, 0.29) is 0 Å². The first-order chi connectivity index (χ1) is 19.0. The molecular formula is C33H70N5O2+3. The van der Waals surface area contributed by atoms with Crippen molar-refractivity contribution in [2.45, 2.75) is 92.9 Å². The molecule has 1 saturated heterocycles. The van der Waals surface area contributed by atoms with E-state index in [1.165, 1.54) is 113 Å². The molecule has 7 nitrogen and oxygen atoms in total. The van der Waals surface area contributed by atoms with E-state index in [2.05, 4.69) is 84.3 Å². The van der Waals surface area contributed by atoms with Gasteiger partial charge in [0.15, 0.2) is 12.3 Å². The van der Waals surface area contributed by atoms with E-state index in [1.54, 1.807) is 15.8 Å². The minimum atomic E-state index is 0.711. The fourth-order valence-corrected chi connectivity index (χ4v) is 5.79. The highest BCUT2D eigenvalue weighted by molar-refractivity contribution is 5.18. The lowest BCUT2D eigenvalue weighted by Crippen LogP contribution is -2.55. The van der Waals surface area contributed by atoms with Crippen molar-refractivity contribution >= 4 is 0 Å². The van der Waals surface area contributed by atoms with Gasteiger partial charge in [0.2, 0.25) is 12.3 Å². The zero-order chi connectivity index (χ0) is 30.4. The maximum absolute atomic E-state index is 5.40. The van der Waals surface area contributed by atoms with Gasteiger partial charge in [-0.25, -0.2) is 0 Å². The molecule has 0 N–H and O–H groups in total. The molecule has 0 aromatic carbocycles. The van der Waals surface area contributed by atoms with E-state index < -0.39 is 0 Å². The average Bonchev–Trinajstić information content (AvgIpc) is 3.31. The normalized spacial score (nSPS) is 18.9. The van der Waals surface area contributed by atoms with Crippen molar-refractivity contribution in [1.82, 2.24) is 4.90 Å². The lowest BCUT2D eigenvalue weighted by Gasteiger charge is -2.41. The maximum Gasteiger partial charge on any atom is 0.231 e. The average molecular weight is 569 g/mol. The Kier molecular flexibility index (Phi) is 21.6. The number of morpholine rings is 1. The highest BCUT2D eigenvalue weighted by Crippen LogP contribution is 2.21. The molecule has 0 saturated carbocycles. The van der Waals surface area contributed by atoms with Crippen LogP contribution in [-0.2, 0) is 9.57 Å². The lowest BCUT2D eigenvalue weighted by atomic mass is 9.96. The van der Waals surface area contributed by atoms with Crippen LogP contribution < -0.4 is 0 Å². The molecule has 40 heavy (non-hydrogen) atoms. The number of unbranched alkanes of at least 4 members (excludes halogenated alkanes) is 1. The molecule has 236 valence electrons. The molecular weight excluding hydrogens is 498 g/mol. The highest BCUT2D eigenvalue weighted by atomic mass is 16.7. The Morgan fingerprint density at radius 2 is 1.50 bits per heavy atom. The zero-order valence-electron chi connectivity index (χ0n) is 28.7. The van der Waals surface area contributed by atoms with Gasteiger partial charge in [-0.1, -0.05) is 70.4 Å². The van der Waals surface area contributed by atoms with E-state index in [1.807, 2.05) is 7.05 Å². The summed E-state index contributed by atoms with van der Waals surface area (Å²) in [5.41, 5.74) is 3.40. The van der Waals surface area contributed by atoms with Crippen LogP contribution in [0.4, 0.5) is 0 Å². The number of ether oxygens (including phenoxy) is 1. The molecule has 3 heterocycles. The van der Waals surface area contributed by atoms with E-state index in [0.29, 0.717) is 5.76 Å². The van der Waals surface area contributed by atoms with Gasteiger partial charge in [-0.2, -0.15) is 0 Å². The Bertz CT molecular complexity index is 711. The first kappa shape index (κ1) is 38.7. The van der Waals surface area contributed by atoms with Crippen LogP contribution in [0.3, 0.4) is 0 Å². The van der Waals surface area contributed by atoms with Crippen LogP contribution >= 0.6 is 0 Å². The van der Waals surface area contributed by atoms with Gasteiger partial charge < -0.3 is 23.4 Å². The number of hydrogen-bond donors (Lipinski definition) is 0. The second-order valence-corrected chi connectivity index (χ2v) is 12.5. The van der Waals surface area contributed by atoms with Crippen molar-refractivity contribution in [3.05, 3.63) is 23.5 Å². The monoisotopic (exact) mass is 569 g/mol. The molecule has 0 aromatic heterocycles. The van der Waals surface area contributed by atoms with Crippen LogP contribution in [0.15, 0.2) is 28.8 Å². The Balaban J connectivity index is 0.000000515. The van der Waals surface area contributed by atoms with E-state index in [4.69, 9.17) is 4.74 Å². The molecule has 0 aromatic rings. The molecule has 1 fully saturated rings. The minimum absolute atomic E-state index is 0.711. The van der Waals surface area contributed by atoms with Gasteiger partial charge >= 0.3 is 0 Å². The Morgan fingerprint density at radius 3 is 1.90 bits per heavy atom. The maximum atomic E-state index is 5.40. The molecule has 7 heteroatoms. The molecule has 0 spiro atoms. The van der Waals surface area contributed by atoms with Gasteiger partial charge in [-0.15, -0.1) is 0 Å². The van der Waals surface area contributed by atoms with Crippen LogP contribution in [-0.4, -0.2) is 119 Å². The number of rotatable bonds is 11. The summed E-state index contributed by atoms with van der Waals surface area (Å²) < 4.78 is 9.60. The molecule has 0 amide bonds. The first-order valence-electron chi connectivity index (χ1n) is 16.4. The van der Waals surface area contributed by atoms with Crippen molar-refractivity contribution in [3.8, 4) is 0 Å². The Hall–Kier alpha value is -1.28. The third kappa shape index (κ3) is 17.5. The fraction of sp³-hybridized carbons (Fsp3) is 0.879. The van der Waals surface area contributed by atoms with Crippen molar-refractivity contribution in [2.24, 2.45) is 5.28 Å². The lowest BCUT2D eigenvalue weighted by molar-refractivity contribution is -0.935. The summed E-state index contributed by atoms with van der Waals surface area (Å²) in [5.74, 6) is 0.711. The predicted molar refractivity (Wildman–Crippen MR) is 172 cm³/mol. The van der Waals surface area contributed by atoms with Gasteiger partial charge in [-0.05, 0) is 52.0 Å². The second-order valence-electron chi connectivity index (χ2n) is 12.5. The number of quaternary nitrogens is 2. The van der Waals surface area contributed by atoms with Gasteiger partial charge in [0, 0.05) is 13.1 Å². The first-order valence-corrected chi connectivity index (χ1v) is 16.4. The molecule has 3 aliphatic heterocycles. The van der Waals surface area contributed by atoms with Crippen LogP contribution in [0.2, 0.25) is 0 Å². The van der Waals surface area contributed by atoms with Crippen molar-refractivity contribution in [1.29, 1.82) is 0 Å². The fourth-order valence-electron chi connectivity index (χ4n) is 5.79. The quantitative estimate of drug-likeness (QED) is 0.154. The summed E-state index contributed by atoms with van der Waals surface area (Å²) in [6.07, 6.45) is 10.4. The summed E-state index contributed by atoms with van der Waals surface area (Å²) in [6, 6.07) is 0. The number of nitrogens with zero attached hydrogens (tertiary/aromatic N) is 5. The third-order valence-electron chi connectivity index (χ3n) is 8.09. The molecule has 3 rings (SSSR count). The van der Waals surface area contributed by atoms with Crippen LogP contribution in [0.1, 0.15) is 92.9 Å². The Labute approximate surface area is 250 Å². The van der Waals surface area contributed by atoms with Gasteiger partial charge in [0.05, 0.1) is 53.5 Å². The minimum Gasteiger partial charge on any atom is -0.370 e. The van der Waals surface area contributed by atoms with Crippen molar-refractivity contribution < 1.29 is 23.2 Å². The molecule has 0 radical (unpaired) electrons. The van der Waals surface area contributed by atoms with E-state index >= 15 is 0 Å². The summed E-state index contributed by atoms with van der Waals surface area (Å²) in [7, 11) is 8.68.